The van der Waals surface area contributed by atoms with Crippen molar-refractivity contribution in [2.75, 3.05) is 26.9 Å². The molecule has 6 heteroatoms. The summed E-state index contributed by atoms with van der Waals surface area (Å²) in [6.45, 7) is 6.56. The van der Waals surface area contributed by atoms with Crippen LogP contribution in [0.3, 0.4) is 0 Å². The monoisotopic (exact) mass is 308 g/mol. The molecule has 1 saturated heterocycles. The zero-order valence-electron chi connectivity index (χ0n) is 13.8. The maximum absolute atomic E-state index is 5.77. The summed E-state index contributed by atoms with van der Waals surface area (Å²) in [5, 5.41) is 4.35. The standard InChI is InChI=1S/C16H28N4O2/c1-3-7-20-16(17-12-18-20)10-19-8-9-22-11-14(19)13-5-4-6-15(13)21-2/h12-15H,3-11H2,1-2H3. The number of methoxy groups -OCH3 is 1. The van der Waals surface area contributed by atoms with E-state index in [4.69, 9.17) is 9.47 Å². The number of ether oxygens (including phenoxy) is 2. The lowest BCUT2D eigenvalue weighted by atomic mass is 9.94. The van der Waals surface area contributed by atoms with E-state index < -0.39 is 0 Å². The first-order valence-electron chi connectivity index (χ1n) is 8.54. The molecule has 0 aromatic carbocycles. The topological polar surface area (TPSA) is 52.4 Å². The van der Waals surface area contributed by atoms with Gasteiger partial charge in [-0.25, -0.2) is 9.67 Å². The maximum Gasteiger partial charge on any atom is 0.141 e. The molecule has 6 nitrogen and oxygen atoms in total. The fourth-order valence-corrected chi connectivity index (χ4v) is 3.93. The number of morpholine rings is 1. The molecule has 0 amide bonds. The fraction of sp³-hybridized carbons (Fsp3) is 0.875. The van der Waals surface area contributed by atoms with Gasteiger partial charge in [-0.05, 0) is 19.3 Å². The van der Waals surface area contributed by atoms with Crippen LogP contribution in [0, 0.1) is 5.92 Å². The highest BCUT2D eigenvalue weighted by molar-refractivity contribution is 4.94. The lowest BCUT2D eigenvalue weighted by molar-refractivity contribution is -0.0620. The van der Waals surface area contributed by atoms with Gasteiger partial charge in [0.15, 0.2) is 0 Å². The molecular formula is C16H28N4O2. The van der Waals surface area contributed by atoms with E-state index in [1.807, 2.05) is 11.8 Å². The average Bonchev–Trinajstić information content (AvgIpc) is 3.18. The summed E-state index contributed by atoms with van der Waals surface area (Å²) >= 11 is 0. The van der Waals surface area contributed by atoms with E-state index >= 15 is 0 Å². The van der Waals surface area contributed by atoms with Crippen molar-refractivity contribution in [1.29, 1.82) is 0 Å². The molecule has 1 aromatic rings. The summed E-state index contributed by atoms with van der Waals surface area (Å²) < 4.78 is 13.5. The van der Waals surface area contributed by atoms with Gasteiger partial charge < -0.3 is 9.47 Å². The Labute approximate surface area is 132 Å². The van der Waals surface area contributed by atoms with Gasteiger partial charge in [0.2, 0.25) is 0 Å². The smallest absolute Gasteiger partial charge is 0.141 e. The highest BCUT2D eigenvalue weighted by atomic mass is 16.5. The Hall–Kier alpha value is -0.980. The number of aromatic nitrogens is 3. The first-order valence-corrected chi connectivity index (χ1v) is 8.54. The minimum atomic E-state index is 0.378. The molecule has 22 heavy (non-hydrogen) atoms. The van der Waals surface area contributed by atoms with Gasteiger partial charge in [0.25, 0.3) is 0 Å². The lowest BCUT2D eigenvalue weighted by Gasteiger charge is -2.40. The van der Waals surface area contributed by atoms with Crippen LogP contribution >= 0.6 is 0 Å². The molecule has 2 aliphatic rings. The van der Waals surface area contributed by atoms with E-state index in [1.54, 1.807) is 6.33 Å². The molecule has 0 spiro atoms. The van der Waals surface area contributed by atoms with Gasteiger partial charge in [-0.1, -0.05) is 13.3 Å². The molecular weight excluding hydrogens is 280 g/mol. The molecule has 2 fully saturated rings. The van der Waals surface area contributed by atoms with E-state index in [1.165, 1.54) is 19.3 Å². The van der Waals surface area contributed by atoms with Crippen molar-refractivity contribution >= 4 is 0 Å². The Bertz CT molecular complexity index is 465. The zero-order chi connectivity index (χ0) is 15.4. The van der Waals surface area contributed by atoms with Crippen LogP contribution in [0.25, 0.3) is 0 Å². The van der Waals surface area contributed by atoms with Crippen molar-refractivity contribution in [1.82, 2.24) is 19.7 Å². The number of rotatable bonds is 6. The number of hydrogen-bond acceptors (Lipinski definition) is 5. The van der Waals surface area contributed by atoms with Crippen LogP contribution in [0.5, 0.6) is 0 Å². The van der Waals surface area contributed by atoms with Crippen molar-refractivity contribution in [2.45, 2.75) is 57.8 Å². The van der Waals surface area contributed by atoms with Crippen LogP contribution in [0.2, 0.25) is 0 Å². The van der Waals surface area contributed by atoms with Gasteiger partial charge in [0.05, 0.1) is 25.9 Å². The molecule has 1 saturated carbocycles. The molecule has 1 aliphatic carbocycles. The molecule has 2 heterocycles. The van der Waals surface area contributed by atoms with Crippen LogP contribution in [0.15, 0.2) is 6.33 Å². The number of aryl methyl sites for hydroxylation is 1. The molecule has 1 aromatic heterocycles. The van der Waals surface area contributed by atoms with Crippen molar-refractivity contribution < 1.29 is 9.47 Å². The highest BCUT2D eigenvalue weighted by Gasteiger charge is 2.38. The minimum absolute atomic E-state index is 0.378. The van der Waals surface area contributed by atoms with E-state index in [2.05, 4.69) is 21.9 Å². The summed E-state index contributed by atoms with van der Waals surface area (Å²) in [4.78, 5) is 7.00. The second-order valence-corrected chi connectivity index (χ2v) is 6.38. The third-order valence-corrected chi connectivity index (χ3v) is 5.06. The Balaban J connectivity index is 1.71. The molecule has 3 atom stereocenters. The summed E-state index contributed by atoms with van der Waals surface area (Å²) in [5.74, 6) is 1.65. The average molecular weight is 308 g/mol. The van der Waals surface area contributed by atoms with Crippen molar-refractivity contribution in [3.05, 3.63) is 12.2 Å². The SMILES string of the molecule is CCCn1ncnc1CN1CCOCC1C1CCCC1OC. The fourth-order valence-electron chi connectivity index (χ4n) is 3.93. The van der Waals surface area contributed by atoms with Crippen LogP contribution in [0.1, 0.15) is 38.4 Å². The van der Waals surface area contributed by atoms with E-state index in [-0.39, 0.29) is 0 Å². The Morgan fingerprint density at radius 3 is 3.14 bits per heavy atom. The molecule has 0 radical (unpaired) electrons. The lowest BCUT2D eigenvalue weighted by Crippen LogP contribution is -2.51. The molecule has 0 bridgehead atoms. The molecule has 124 valence electrons. The van der Waals surface area contributed by atoms with Crippen LogP contribution in [-0.2, 0) is 22.6 Å². The van der Waals surface area contributed by atoms with E-state index in [9.17, 15) is 0 Å². The quantitative estimate of drug-likeness (QED) is 0.801. The normalized spacial score (nSPS) is 30.0. The van der Waals surface area contributed by atoms with E-state index in [0.717, 1.165) is 45.1 Å². The largest absolute Gasteiger partial charge is 0.381 e. The molecule has 3 rings (SSSR count). The summed E-state index contributed by atoms with van der Waals surface area (Å²) in [6, 6.07) is 0.438. The second-order valence-electron chi connectivity index (χ2n) is 6.38. The zero-order valence-corrected chi connectivity index (χ0v) is 13.8. The van der Waals surface area contributed by atoms with Crippen LogP contribution in [-0.4, -0.2) is 58.7 Å². The third-order valence-electron chi connectivity index (χ3n) is 5.06. The van der Waals surface area contributed by atoms with Gasteiger partial charge in [0.1, 0.15) is 12.2 Å². The number of hydrogen-bond donors (Lipinski definition) is 0. The first-order chi connectivity index (χ1) is 10.8. The van der Waals surface area contributed by atoms with Crippen molar-refractivity contribution in [2.24, 2.45) is 5.92 Å². The Morgan fingerprint density at radius 1 is 1.41 bits per heavy atom. The minimum Gasteiger partial charge on any atom is -0.381 e. The summed E-state index contributed by atoms with van der Waals surface area (Å²) in [6.07, 6.45) is 6.81. The van der Waals surface area contributed by atoms with Gasteiger partial charge in [-0.3, -0.25) is 4.90 Å². The Morgan fingerprint density at radius 2 is 2.32 bits per heavy atom. The first kappa shape index (κ1) is 15.9. The second kappa shape index (κ2) is 7.53. The molecule has 3 unspecified atom stereocenters. The third kappa shape index (κ3) is 3.34. The van der Waals surface area contributed by atoms with Crippen molar-refractivity contribution in [3.8, 4) is 0 Å². The predicted molar refractivity (Wildman–Crippen MR) is 83.5 cm³/mol. The van der Waals surface area contributed by atoms with E-state index in [0.29, 0.717) is 18.1 Å². The summed E-state index contributed by atoms with van der Waals surface area (Å²) in [7, 11) is 1.84. The van der Waals surface area contributed by atoms with Gasteiger partial charge >= 0.3 is 0 Å². The molecule has 0 N–H and O–H groups in total. The predicted octanol–water partition coefficient (Wildman–Crippen LogP) is 1.70. The van der Waals surface area contributed by atoms with Gasteiger partial charge in [-0.2, -0.15) is 5.10 Å². The van der Waals surface area contributed by atoms with Crippen LogP contribution in [0.4, 0.5) is 0 Å². The summed E-state index contributed by atoms with van der Waals surface area (Å²) in [5.41, 5.74) is 0. The highest BCUT2D eigenvalue weighted by Crippen LogP contribution is 2.34. The van der Waals surface area contributed by atoms with Gasteiger partial charge in [0, 0.05) is 32.2 Å². The van der Waals surface area contributed by atoms with Crippen LogP contribution < -0.4 is 0 Å². The number of nitrogens with zero attached hydrogens (tertiary/aromatic N) is 4. The Kier molecular flexibility index (Phi) is 5.44. The molecule has 1 aliphatic heterocycles. The van der Waals surface area contributed by atoms with Gasteiger partial charge in [-0.15, -0.1) is 0 Å². The van der Waals surface area contributed by atoms with Crippen molar-refractivity contribution in [3.63, 3.8) is 0 Å². The maximum atomic E-state index is 5.77.